The number of carbonyl (C=O) groups is 1. The summed E-state index contributed by atoms with van der Waals surface area (Å²) in [6, 6.07) is 13.8. The lowest BCUT2D eigenvalue weighted by molar-refractivity contribution is 0.102. The van der Waals surface area contributed by atoms with E-state index in [2.05, 4.69) is 22.3 Å². The molecule has 4 nitrogen and oxygen atoms in total. The number of aryl methyl sites for hydroxylation is 2. The Hall–Kier alpha value is -2.33. The summed E-state index contributed by atoms with van der Waals surface area (Å²) >= 11 is 0. The lowest BCUT2D eigenvalue weighted by Gasteiger charge is -2.31. The Kier molecular flexibility index (Phi) is 5.16. The van der Waals surface area contributed by atoms with Gasteiger partial charge in [-0.05, 0) is 49.1 Å². The van der Waals surface area contributed by atoms with Crippen LogP contribution in [0.15, 0.2) is 42.5 Å². The van der Waals surface area contributed by atoms with E-state index in [9.17, 15) is 4.79 Å². The van der Waals surface area contributed by atoms with Gasteiger partial charge in [-0.2, -0.15) is 0 Å². The first-order valence-electron chi connectivity index (χ1n) is 8.43. The minimum absolute atomic E-state index is 0.0627. The van der Waals surface area contributed by atoms with Crippen molar-refractivity contribution in [2.24, 2.45) is 0 Å². The summed E-state index contributed by atoms with van der Waals surface area (Å²) in [5, 5.41) is 3.03. The Balaban J connectivity index is 1.80. The van der Waals surface area contributed by atoms with Gasteiger partial charge in [0.1, 0.15) is 0 Å². The Morgan fingerprint density at radius 2 is 2.08 bits per heavy atom. The molecule has 0 atom stereocenters. The maximum absolute atomic E-state index is 12.5. The molecule has 0 unspecified atom stereocenters. The molecule has 1 amide bonds. The number of nitrogens with zero attached hydrogens (tertiary/aromatic N) is 1. The SMILES string of the molecule is COCCN1CCCc2ccc(NC(=O)c3ccccc3C)cc21. The third-order valence-electron chi connectivity index (χ3n) is 4.51. The van der Waals surface area contributed by atoms with Crippen LogP contribution in [0, 0.1) is 6.92 Å². The Bertz CT molecular complexity index is 727. The largest absolute Gasteiger partial charge is 0.383 e. The molecule has 1 aliphatic rings. The van der Waals surface area contributed by atoms with Gasteiger partial charge in [-0.3, -0.25) is 4.79 Å². The molecule has 0 saturated carbocycles. The first kappa shape index (κ1) is 16.5. The van der Waals surface area contributed by atoms with Crippen LogP contribution < -0.4 is 10.2 Å². The second-order valence-corrected chi connectivity index (χ2v) is 6.20. The number of methoxy groups -OCH3 is 1. The predicted octanol–water partition coefficient (Wildman–Crippen LogP) is 3.65. The zero-order valence-corrected chi connectivity index (χ0v) is 14.3. The van der Waals surface area contributed by atoms with Gasteiger partial charge in [0.05, 0.1) is 6.61 Å². The molecule has 3 rings (SSSR count). The van der Waals surface area contributed by atoms with Gasteiger partial charge in [0.25, 0.3) is 5.91 Å². The van der Waals surface area contributed by atoms with Crippen LogP contribution in [0.1, 0.15) is 27.9 Å². The molecule has 1 heterocycles. The number of ether oxygens (including phenoxy) is 1. The van der Waals surface area contributed by atoms with E-state index in [4.69, 9.17) is 4.74 Å². The maximum Gasteiger partial charge on any atom is 0.255 e. The minimum atomic E-state index is -0.0627. The van der Waals surface area contributed by atoms with E-state index in [1.807, 2.05) is 37.3 Å². The molecule has 4 heteroatoms. The molecule has 0 radical (unpaired) electrons. The third kappa shape index (κ3) is 3.60. The molecule has 126 valence electrons. The maximum atomic E-state index is 12.5. The molecular formula is C20H24N2O2. The molecule has 0 bridgehead atoms. The van der Waals surface area contributed by atoms with Crippen molar-refractivity contribution in [2.45, 2.75) is 19.8 Å². The number of amides is 1. The van der Waals surface area contributed by atoms with E-state index >= 15 is 0 Å². The van der Waals surface area contributed by atoms with Gasteiger partial charge in [0, 0.05) is 37.1 Å². The van der Waals surface area contributed by atoms with E-state index in [0.717, 1.165) is 37.2 Å². The number of carbonyl (C=O) groups excluding carboxylic acids is 1. The summed E-state index contributed by atoms with van der Waals surface area (Å²) in [6.07, 6.45) is 2.25. The summed E-state index contributed by atoms with van der Waals surface area (Å²) in [6.45, 7) is 4.57. The molecule has 24 heavy (non-hydrogen) atoms. The van der Waals surface area contributed by atoms with Crippen LogP contribution in [0.4, 0.5) is 11.4 Å². The lowest BCUT2D eigenvalue weighted by atomic mass is 10.0. The zero-order valence-electron chi connectivity index (χ0n) is 14.3. The van der Waals surface area contributed by atoms with Crippen molar-refractivity contribution < 1.29 is 9.53 Å². The van der Waals surface area contributed by atoms with Crippen molar-refractivity contribution in [1.29, 1.82) is 0 Å². The van der Waals surface area contributed by atoms with Crippen LogP contribution in [0.25, 0.3) is 0 Å². The van der Waals surface area contributed by atoms with Crippen molar-refractivity contribution >= 4 is 17.3 Å². The second-order valence-electron chi connectivity index (χ2n) is 6.20. The number of hydrogen-bond donors (Lipinski definition) is 1. The van der Waals surface area contributed by atoms with Gasteiger partial charge in [0.2, 0.25) is 0 Å². The molecule has 0 fully saturated rings. The summed E-state index contributed by atoms with van der Waals surface area (Å²) < 4.78 is 5.21. The molecule has 2 aromatic rings. The highest BCUT2D eigenvalue weighted by atomic mass is 16.5. The molecule has 0 aliphatic carbocycles. The Labute approximate surface area is 143 Å². The molecule has 1 aliphatic heterocycles. The molecule has 0 saturated heterocycles. The van der Waals surface area contributed by atoms with Crippen molar-refractivity contribution in [2.75, 3.05) is 37.0 Å². The highest BCUT2D eigenvalue weighted by Gasteiger charge is 2.18. The highest BCUT2D eigenvalue weighted by Crippen LogP contribution is 2.30. The highest BCUT2D eigenvalue weighted by molar-refractivity contribution is 6.05. The average molecular weight is 324 g/mol. The standard InChI is InChI=1S/C20H24N2O2/c1-15-6-3-4-8-18(15)20(23)21-17-10-9-16-7-5-11-22(12-13-24-2)19(16)14-17/h3-4,6,8-10,14H,5,7,11-13H2,1-2H3,(H,21,23). The fraction of sp³-hybridized carbons (Fsp3) is 0.350. The monoisotopic (exact) mass is 324 g/mol. The van der Waals surface area contributed by atoms with Gasteiger partial charge in [-0.15, -0.1) is 0 Å². The van der Waals surface area contributed by atoms with Crippen molar-refractivity contribution in [3.63, 3.8) is 0 Å². The van der Waals surface area contributed by atoms with Crippen LogP contribution in [0.5, 0.6) is 0 Å². The lowest BCUT2D eigenvalue weighted by Crippen LogP contribution is -2.32. The summed E-state index contributed by atoms with van der Waals surface area (Å²) in [7, 11) is 1.73. The first-order chi connectivity index (χ1) is 11.7. The fourth-order valence-corrected chi connectivity index (χ4v) is 3.19. The van der Waals surface area contributed by atoms with Gasteiger partial charge in [-0.1, -0.05) is 24.3 Å². The Morgan fingerprint density at radius 3 is 2.88 bits per heavy atom. The summed E-state index contributed by atoms with van der Waals surface area (Å²) in [4.78, 5) is 14.9. The number of fused-ring (bicyclic) bond motifs is 1. The number of rotatable bonds is 5. The van der Waals surface area contributed by atoms with Crippen molar-refractivity contribution in [3.05, 3.63) is 59.2 Å². The molecule has 1 N–H and O–H groups in total. The second kappa shape index (κ2) is 7.49. The zero-order chi connectivity index (χ0) is 16.9. The van der Waals surface area contributed by atoms with Gasteiger partial charge in [-0.25, -0.2) is 0 Å². The first-order valence-corrected chi connectivity index (χ1v) is 8.43. The van der Waals surface area contributed by atoms with Crippen LogP contribution in [-0.2, 0) is 11.2 Å². The normalized spacial score (nSPS) is 13.5. The molecular weight excluding hydrogens is 300 g/mol. The topological polar surface area (TPSA) is 41.6 Å². The number of benzene rings is 2. The van der Waals surface area contributed by atoms with Crippen molar-refractivity contribution in [1.82, 2.24) is 0 Å². The fourth-order valence-electron chi connectivity index (χ4n) is 3.19. The van der Waals surface area contributed by atoms with E-state index in [1.165, 1.54) is 11.3 Å². The van der Waals surface area contributed by atoms with E-state index < -0.39 is 0 Å². The van der Waals surface area contributed by atoms with Gasteiger partial charge >= 0.3 is 0 Å². The minimum Gasteiger partial charge on any atom is -0.383 e. The number of hydrogen-bond acceptors (Lipinski definition) is 3. The molecule has 2 aromatic carbocycles. The van der Waals surface area contributed by atoms with Crippen LogP contribution in [-0.4, -0.2) is 32.7 Å². The van der Waals surface area contributed by atoms with E-state index in [1.54, 1.807) is 7.11 Å². The van der Waals surface area contributed by atoms with Gasteiger partial charge < -0.3 is 15.0 Å². The quantitative estimate of drug-likeness (QED) is 0.913. The summed E-state index contributed by atoms with van der Waals surface area (Å²) in [5.74, 6) is -0.0627. The van der Waals surface area contributed by atoms with Gasteiger partial charge in [0.15, 0.2) is 0 Å². The smallest absolute Gasteiger partial charge is 0.255 e. The predicted molar refractivity (Wildman–Crippen MR) is 98.0 cm³/mol. The summed E-state index contributed by atoms with van der Waals surface area (Å²) in [5.41, 5.74) is 5.08. The van der Waals surface area contributed by atoms with Crippen molar-refractivity contribution in [3.8, 4) is 0 Å². The van der Waals surface area contributed by atoms with Crippen LogP contribution in [0.2, 0.25) is 0 Å². The number of nitrogens with one attached hydrogen (secondary N) is 1. The molecule has 0 spiro atoms. The van der Waals surface area contributed by atoms with E-state index in [0.29, 0.717) is 12.2 Å². The average Bonchev–Trinajstić information content (AvgIpc) is 2.60. The Morgan fingerprint density at radius 1 is 1.25 bits per heavy atom. The third-order valence-corrected chi connectivity index (χ3v) is 4.51. The van der Waals surface area contributed by atoms with E-state index in [-0.39, 0.29) is 5.91 Å². The molecule has 0 aromatic heterocycles. The van der Waals surface area contributed by atoms with Crippen LogP contribution in [0.3, 0.4) is 0 Å². The number of anilines is 2. The van der Waals surface area contributed by atoms with Crippen LogP contribution >= 0.6 is 0 Å².